The number of piperazine rings is 1. The first-order chi connectivity index (χ1) is 21.6. The van der Waals surface area contributed by atoms with Crippen molar-refractivity contribution in [3.05, 3.63) is 47.3 Å². The van der Waals surface area contributed by atoms with Crippen LogP contribution in [-0.2, 0) is 9.59 Å². The Morgan fingerprint density at radius 1 is 0.891 bits per heavy atom. The fourth-order valence-electron chi connectivity index (χ4n) is 12.6. The maximum atomic E-state index is 14.2. The molecule has 5 nitrogen and oxygen atoms in total. The summed E-state index contributed by atoms with van der Waals surface area (Å²) in [6.07, 6.45) is 18.4. The van der Waals surface area contributed by atoms with Gasteiger partial charge in [0.2, 0.25) is 5.91 Å². The monoisotopic (exact) mass is 625 g/mol. The molecule has 0 N–H and O–H groups in total. The number of carbonyl (C=O) groups excluding carboxylic acids is 2. The van der Waals surface area contributed by atoms with E-state index in [2.05, 4.69) is 82.4 Å². The van der Waals surface area contributed by atoms with Gasteiger partial charge in [-0.2, -0.15) is 0 Å². The minimum atomic E-state index is -0.377. The molecule has 2 heterocycles. The molecule has 0 unspecified atom stereocenters. The van der Waals surface area contributed by atoms with E-state index in [1.54, 1.807) is 5.57 Å². The number of hydrogen-bond donors (Lipinski definition) is 0. The molecule has 4 saturated carbocycles. The van der Waals surface area contributed by atoms with Gasteiger partial charge in [0, 0.05) is 49.4 Å². The average molecular weight is 626 g/mol. The average Bonchev–Trinajstić information content (AvgIpc) is 3.01. The summed E-state index contributed by atoms with van der Waals surface area (Å²) in [4.78, 5) is 37.0. The Kier molecular flexibility index (Phi) is 7.45. The number of likely N-dealkylation sites (N-methyl/N-ethyl adjacent to an activating group) is 1. The van der Waals surface area contributed by atoms with Crippen LogP contribution in [0.3, 0.4) is 0 Å². The van der Waals surface area contributed by atoms with Crippen LogP contribution in [0.15, 0.2) is 41.7 Å². The van der Waals surface area contributed by atoms with Crippen LogP contribution in [0.5, 0.6) is 0 Å². The first kappa shape index (κ1) is 32.3. The fraction of sp³-hybridized carbons (Fsp3) is 0.732. The van der Waals surface area contributed by atoms with Gasteiger partial charge >= 0.3 is 0 Å². The number of pyridine rings is 1. The number of hydrogen-bond acceptors (Lipinski definition) is 4. The van der Waals surface area contributed by atoms with E-state index in [4.69, 9.17) is 0 Å². The number of allylic oxidation sites excluding steroid dienone is 3. The second-order valence-corrected chi connectivity index (χ2v) is 18.5. The molecule has 1 aromatic rings. The van der Waals surface area contributed by atoms with Crippen molar-refractivity contribution in [1.29, 1.82) is 0 Å². The number of Topliss-reactive ketones (excluding diaryl/α,β-unsaturated/α-hetero) is 1. The molecule has 46 heavy (non-hydrogen) atoms. The van der Waals surface area contributed by atoms with Crippen molar-refractivity contribution >= 4 is 17.8 Å². The summed E-state index contributed by atoms with van der Waals surface area (Å²) in [6.45, 7) is 20.8. The van der Waals surface area contributed by atoms with Crippen LogP contribution in [0.25, 0.3) is 6.08 Å². The molecule has 5 heteroatoms. The zero-order chi connectivity index (χ0) is 32.9. The molecular weight excluding hydrogens is 566 g/mol. The maximum absolute atomic E-state index is 14.2. The van der Waals surface area contributed by atoms with E-state index in [0.29, 0.717) is 29.4 Å². The molecule has 250 valence electrons. The van der Waals surface area contributed by atoms with E-state index >= 15 is 0 Å². The van der Waals surface area contributed by atoms with Crippen LogP contribution >= 0.6 is 0 Å². The molecule has 1 aliphatic heterocycles. The van der Waals surface area contributed by atoms with Gasteiger partial charge in [-0.15, -0.1) is 0 Å². The molecule has 7 rings (SSSR count). The Labute approximate surface area is 278 Å². The molecule has 0 aromatic carbocycles. The van der Waals surface area contributed by atoms with Gasteiger partial charge in [0.15, 0.2) is 5.78 Å². The summed E-state index contributed by atoms with van der Waals surface area (Å²) in [5, 5.41) is 0. The third kappa shape index (κ3) is 4.52. The molecule has 5 fully saturated rings. The molecule has 8 atom stereocenters. The minimum absolute atomic E-state index is 0.0491. The van der Waals surface area contributed by atoms with Crippen molar-refractivity contribution in [2.45, 2.75) is 106 Å². The summed E-state index contributed by atoms with van der Waals surface area (Å²) in [6, 6.07) is 4.05. The van der Waals surface area contributed by atoms with Crippen molar-refractivity contribution < 1.29 is 9.59 Å². The predicted molar refractivity (Wildman–Crippen MR) is 186 cm³/mol. The van der Waals surface area contributed by atoms with Gasteiger partial charge in [-0.25, -0.2) is 0 Å². The van der Waals surface area contributed by atoms with Crippen LogP contribution in [0.1, 0.15) is 112 Å². The highest BCUT2D eigenvalue weighted by Gasteiger charge is 2.68. The first-order valence-corrected chi connectivity index (χ1v) is 18.4. The lowest BCUT2D eigenvalue weighted by Gasteiger charge is -2.71. The highest BCUT2D eigenvalue weighted by molar-refractivity contribution is 6.04. The Bertz CT molecular complexity index is 1470. The van der Waals surface area contributed by atoms with Gasteiger partial charge in [-0.3, -0.25) is 14.6 Å². The van der Waals surface area contributed by atoms with Gasteiger partial charge in [-0.1, -0.05) is 60.1 Å². The quantitative estimate of drug-likeness (QED) is 0.246. The molecule has 0 bridgehead atoms. The van der Waals surface area contributed by atoms with Gasteiger partial charge in [-0.05, 0) is 134 Å². The topological polar surface area (TPSA) is 53.5 Å². The van der Waals surface area contributed by atoms with Crippen molar-refractivity contribution in [1.82, 2.24) is 14.8 Å². The molecule has 1 aromatic heterocycles. The number of rotatable bonds is 2. The molecule has 1 saturated heterocycles. The fourth-order valence-corrected chi connectivity index (χ4v) is 12.6. The predicted octanol–water partition coefficient (Wildman–Crippen LogP) is 8.22. The summed E-state index contributed by atoms with van der Waals surface area (Å²) < 4.78 is 0. The van der Waals surface area contributed by atoms with Gasteiger partial charge in [0.25, 0.3) is 0 Å². The third-order valence-electron chi connectivity index (χ3n) is 15.8. The number of nitrogens with zero attached hydrogens (tertiary/aromatic N) is 3. The van der Waals surface area contributed by atoms with Gasteiger partial charge < -0.3 is 9.80 Å². The van der Waals surface area contributed by atoms with Crippen molar-refractivity contribution in [3.63, 3.8) is 0 Å². The number of ketones is 1. The maximum Gasteiger partial charge on any atom is 0.228 e. The van der Waals surface area contributed by atoms with E-state index in [0.717, 1.165) is 75.8 Å². The largest absolute Gasteiger partial charge is 0.340 e. The Hall–Kier alpha value is -2.27. The highest BCUT2D eigenvalue weighted by Crippen LogP contribution is 2.75. The van der Waals surface area contributed by atoms with Gasteiger partial charge in [0.1, 0.15) is 0 Å². The molecular formula is C41H59N3O2. The van der Waals surface area contributed by atoms with E-state index in [9.17, 15) is 9.59 Å². The van der Waals surface area contributed by atoms with Crippen LogP contribution in [0.4, 0.5) is 0 Å². The standard InChI is InChI=1S/C41H59N3O2/c1-36(2)32-11-14-41(7)33(39(32,5)26-29(34(36)45)25-28-12-19-42-20-13-28)10-9-30-31-27-38(4,35(46)44-23-21-43(8)22-24-44)16-15-37(31,3)17-18-40(30,41)6/h9,12-13,19-20,25,31-33H,10-11,14-18,21-24,26-27H2,1-8H3/b29-25-/t31-,32-,33+,37+,38-,39-,40+,41+/m0/s1. The molecule has 5 aliphatic carbocycles. The first-order valence-electron chi connectivity index (χ1n) is 18.4. The van der Waals surface area contributed by atoms with E-state index in [1.165, 1.54) is 19.3 Å². The zero-order valence-electron chi connectivity index (χ0n) is 30.0. The zero-order valence-corrected chi connectivity index (χ0v) is 30.0. The Morgan fingerprint density at radius 2 is 1.57 bits per heavy atom. The Morgan fingerprint density at radius 3 is 2.26 bits per heavy atom. The van der Waals surface area contributed by atoms with Gasteiger partial charge in [0.05, 0.1) is 0 Å². The normalized spacial score (nSPS) is 44.8. The number of amides is 1. The third-order valence-corrected chi connectivity index (χ3v) is 15.8. The second-order valence-electron chi connectivity index (χ2n) is 18.5. The second kappa shape index (κ2) is 10.6. The lowest BCUT2D eigenvalue weighted by molar-refractivity contribution is -0.178. The van der Waals surface area contributed by atoms with E-state index in [-0.39, 0.29) is 32.5 Å². The molecule has 6 aliphatic rings. The van der Waals surface area contributed by atoms with Crippen LogP contribution in [0, 0.1) is 50.2 Å². The van der Waals surface area contributed by atoms with Crippen molar-refractivity contribution in [2.75, 3.05) is 33.2 Å². The summed E-state index contributed by atoms with van der Waals surface area (Å²) >= 11 is 0. The number of carbonyl (C=O) groups is 2. The highest BCUT2D eigenvalue weighted by atomic mass is 16.2. The number of fused-ring (bicyclic) bond motifs is 7. The molecule has 0 radical (unpaired) electrons. The summed E-state index contributed by atoms with van der Waals surface area (Å²) in [7, 11) is 2.17. The van der Waals surface area contributed by atoms with Crippen molar-refractivity contribution in [2.24, 2.45) is 50.2 Å². The van der Waals surface area contributed by atoms with Crippen LogP contribution < -0.4 is 0 Å². The number of aromatic nitrogens is 1. The van der Waals surface area contributed by atoms with E-state index < -0.39 is 0 Å². The molecule has 0 spiro atoms. The SMILES string of the molecule is CN1CCN(C(=O)[C@@]2(C)CC[C@]3(C)CC[C@]4(C)C(=CC[C@@H]5[C@@]6(C)C/C(=C/c7ccncc7)C(=O)C(C)(C)[C@@H]6CC[C@]54C)[C@@H]3C2)CC1. The Balaban J connectivity index is 1.24. The smallest absolute Gasteiger partial charge is 0.228 e. The van der Waals surface area contributed by atoms with E-state index in [1.807, 2.05) is 24.5 Å². The summed E-state index contributed by atoms with van der Waals surface area (Å²) in [5.74, 6) is 2.12. The van der Waals surface area contributed by atoms with Crippen molar-refractivity contribution in [3.8, 4) is 0 Å². The van der Waals surface area contributed by atoms with Crippen LogP contribution in [0.2, 0.25) is 0 Å². The molecule has 1 amide bonds. The lowest BCUT2D eigenvalue weighted by Crippen LogP contribution is -2.64. The van der Waals surface area contributed by atoms with Crippen LogP contribution in [-0.4, -0.2) is 59.7 Å². The summed E-state index contributed by atoms with van der Waals surface area (Å²) in [5.41, 5.74) is 3.72. The lowest BCUT2D eigenvalue weighted by atomic mass is 9.33. The minimum Gasteiger partial charge on any atom is -0.340 e.